The van der Waals surface area contributed by atoms with Crippen molar-refractivity contribution in [2.24, 2.45) is 5.92 Å². The van der Waals surface area contributed by atoms with Crippen LogP contribution in [0.4, 0.5) is 5.69 Å². The number of carbonyl (C=O) groups is 2. The molecule has 0 saturated heterocycles. The first kappa shape index (κ1) is 14.3. The van der Waals surface area contributed by atoms with E-state index in [1.54, 1.807) is 37.4 Å². The molecule has 0 aliphatic heterocycles. The molecule has 4 heteroatoms. The molecule has 0 spiro atoms. The fourth-order valence-electron chi connectivity index (χ4n) is 2.78. The molecule has 1 unspecified atom stereocenters. The van der Waals surface area contributed by atoms with Crippen LogP contribution in [0.15, 0.2) is 48.5 Å². The van der Waals surface area contributed by atoms with Crippen LogP contribution in [0.1, 0.15) is 22.3 Å². The minimum atomic E-state index is -0.624. The van der Waals surface area contributed by atoms with Gasteiger partial charge in [-0.1, -0.05) is 30.3 Å². The van der Waals surface area contributed by atoms with Gasteiger partial charge >= 0.3 is 0 Å². The van der Waals surface area contributed by atoms with Crippen molar-refractivity contribution < 1.29 is 14.3 Å². The normalized spacial score (nSPS) is 16.8. The number of carbonyl (C=O) groups excluding carboxylic acids is 2. The van der Waals surface area contributed by atoms with Gasteiger partial charge in [0, 0.05) is 17.3 Å². The molecule has 22 heavy (non-hydrogen) atoms. The molecule has 0 fully saturated rings. The van der Waals surface area contributed by atoms with Crippen molar-refractivity contribution in [3.05, 3.63) is 59.7 Å². The first-order chi connectivity index (χ1) is 10.7. The Morgan fingerprint density at radius 1 is 1.18 bits per heavy atom. The Balaban J connectivity index is 1.77. The number of ketones is 1. The van der Waals surface area contributed by atoms with E-state index in [2.05, 4.69) is 5.32 Å². The lowest BCUT2D eigenvalue weighted by Gasteiger charge is -2.22. The molecular formula is C18H17NO3. The van der Waals surface area contributed by atoms with Gasteiger partial charge in [0.15, 0.2) is 5.78 Å². The standard InChI is InChI=1S/C18H17NO3/c1-22-14-7-4-6-13(11-14)19-18(21)16-10-9-12-5-2-3-8-15(12)17(16)20/h2-8,11,16H,9-10H2,1H3,(H,19,21). The van der Waals surface area contributed by atoms with Crippen molar-refractivity contribution in [2.75, 3.05) is 12.4 Å². The van der Waals surface area contributed by atoms with Crippen molar-refractivity contribution >= 4 is 17.4 Å². The smallest absolute Gasteiger partial charge is 0.235 e. The maximum atomic E-state index is 12.5. The number of hydrogen-bond acceptors (Lipinski definition) is 3. The van der Waals surface area contributed by atoms with Crippen LogP contribution >= 0.6 is 0 Å². The average Bonchev–Trinajstić information content (AvgIpc) is 2.55. The summed E-state index contributed by atoms with van der Waals surface area (Å²) in [6.45, 7) is 0. The van der Waals surface area contributed by atoms with E-state index in [0.717, 1.165) is 12.0 Å². The topological polar surface area (TPSA) is 55.4 Å². The second-order valence-electron chi connectivity index (χ2n) is 5.33. The fourth-order valence-corrected chi connectivity index (χ4v) is 2.78. The molecular weight excluding hydrogens is 278 g/mol. The van der Waals surface area contributed by atoms with Crippen LogP contribution in [0.25, 0.3) is 0 Å². The highest BCUT2D eigenvalue weighted by Gasteiger charge is 2.32. The van der Waals surface area contributed by atoms with E-state index in [1.807, 2.05) is 18.2 Å². The lowest BCUT2D eigenvalue weighted by Crippen LogP contribution is -2.33. The van der Waals surface area contributed by atoms with Crippen LogP contribution in [-0.2, 0) is 11.2 Å². The van der Waals surface area contributed by atoms with E-state index >= 15 is 0 Å². The summed E-state index contributed by atoms with van der Waals surface area (Å²) in [7, 11) is 1.57. The summed E-state index contributed by atoms with van der Waals surface area (Å²) >= 11 is 0. The Kier molecular flexibility index (Phi) is 3.92. The zero-order chi connectivity index (χ0) is 15.5. The molecule has 1 aliphatic rings. The molecule has 2 aromatic rings. The van der Waals surface area contributed by atoms with Gasteiger partial charge in [0.1, 0.15) is 11.7 Å². The summed E-state index contributed by atoms with van der Waals surface area (Å²) in [6.07, 6.45) is 1.30. The van der Waals surface area contributed by atoms with Gasteiger partial charge in [-0.05, 0) is 30.5 Å². The number of rotatable bonds is 3. The lowest BCUT2D eigenvalue weighted by molar-refractivity contribution is -0.118. The third-order valence-electron chi connectivity index (χ3n) is 3.96. The van der Waals surface area contributed by atoms with Crippen LogP contribution in [0.3, 0.4) is 0 Å². The van der Waals surface area contributed by atoms with Crippen molar-refractivity contribution in [2.45, 2.75) is 12.8 Å². The second-order valence-corrected chi connectivity index (χ2v) is 5.33. The second kappa shape index (κ2) is 6.02. The first-order valence-corrected chi connectivity index (χ1v) is 7.26. The zero-order valence-electron chi connectivity index (χ0n) is 12.3. The molecule has 1 atom stereocenters. The van der Waals surface area contributed by atoms with Gasteiger partial charge in [-0.25, -0.2) is 0 Å². The highest BCUT2D eigenvalue weighted by Crippen LogP contribution is 2.27. The Morgan fingerprint density at radius 3 is 2.82 bits per heavy atom. The fraction of sp³-hybridized carbons (Fsp3) is 0.222. The van der Waals surface area contributed by atoms with Gasteiger partial charge in [-0.2, -0.15) is 0 Å². The Hall–Kier alpha value is -2.62. The van der Waals surface area contributed by atoms with Gasteiger partial charge in [0.25, 0.3) is 0 Å². The summed E-state index contributed by atoms with van der Waals surface area (Å²) in [4.78, 5) is 24.9. The van der Waals surface area contributed by atoms with Crippen molar-refractivity contribution in [3.63, 3.8) is 0 Å². The van der Waals surface area contributed by atoms with E-state index < -0.39 is 5.92 Å². The summed E-state index contributed by atoms with van der Waals surface area (Å²) in [5.74, 6) is -0.311. The zero-order valence-corrected chi connectivity index (χ0v) is 12.3. The highest BCUT2D eigenvalue weighted by molar-refractivity contribution is 6.14. The highest BCUT2D eigenvalue weighted by atomic mass is 16.5. The molecule has 3 rings (SSSR count). The van der Waals surface area contributed by atoms with Gasteiger partial charge in [-0.15, -0.1) is 0 Å². The van der Waals surface area contributed by atoms with E-state index in [4.69, 9.17) is 4.74 Å². The maximum absolute atomic E-state index is 12.5. The van der Waals surface area contributed by atoms with E-state index in [0.29, 0.717) is 23.4 Å². The number of fused-ring (bicyclic) bond motifs is 1. The largest absolute Gasteiger partial charge is 0.497 e. The first-order valence-electron chi connectivity index (χ1n) is 7.26. The maximum Gasteiger partial charge on any atom is 0.235 e. The SMILES string of the molecule is COc1cccc(NC(=O)C2CCc3ccccc3C2=O)c1. The molecule has 1 amide bonds. The lowest BCUT2D eigenvalue weighted by atomic mass is 9.82. The van der Waals surface area contributed by atoms with Gasteiger partial charge in [-0.3, -0.25) is 9.59 Å². The minimum Gasteiger partial charge on any atom is -0.497 e. The number of anilines is 1. The van der Waals surface area contributed by atoms with Gasteiger partial charge in [0.2, 0.25) is 5.91 Å². The third-order valence-corrected chi connectivity index (χ3v) is 3.96. The number of methoxy groups -OCH3 is 1. The van der Waals surface area contributed by atoms with Gasteiger partial charge in [0.05, 0.1) is 7.11 Å². The molecule has 0 aromatic heterocycles. The third kappa shape index (κ3) is 2.72. The van der Waals surface area contributed by atoms with Crippen LogP contribution in [-0.4, -0.2) is 18.8 Å². The van der Waals surface area contributed by atoms with Crippen molar-refractivity contribution in [1.29, 1.82) is 0 Å². The number of aryl methyl sites for hydroxylation is 1. The predicted octanol–water partition coefficient (Wildman–Crippen LogP) is 3.08. The Labute approximate surface area is 129 Å². The van der Waals surface area contributed by atoms with Crippen LogP contribution in [0.2, 0.25) is 0 Å². The van der Waals surface area contributed by atoms with Crippen molar-refractivity contribution in [3.8, 4) is 5.75 Å². The molecule has 1 aliphatic carbocycles. The number of ether oxygens (including phenoxy) is 1. The minimum absolute atomic E-state index is 0.0951. The molecule has 0 saturated carbocycles. The number of hydrogen-bond donors (Lipinski definition) is 1. The van der Waals surface area contributed by atoms with E-state index in [9.17, 15) is 9.59 Å². The predicted molar refractivity (Wildman–Crippen MR) is 84.2 cm³/mol. The molecule has 0 bridgehead atoms. The van der Waals surface area contributed by atoms with Gasteiger partial charge < -0.3 is 10.1 Å². The number of Topliss-reactive ketones (excluding diaryl/α,β-unsaturated/α-hetero) is 1. The Morgan fingerprint density at radius 2 is 2.00 bits per heavy atom. The number of nitrogens with one attached hydrogen (secondary N) is 1. The number of amides is 1. The molecule has 2 aromatic carbocycles. The molecule has 112 valence electrons. The summed E-state index contributed by atoms with van der Waals surface area (Å²) in [5, 5.41) is 2.81. The summed E-state index contributed by atoms with van der Waals surface area (Å²) in [5.41, 5.74) is 2.33. The summed E-state index contributed by atoms with van der Waals surface area (Å²) < 4.78 is 5.13. The van der Waals surface area contributed by atoms with Crippen molar-refractivity contribution in [1.82, 2.24) is 0 Å². The van der Waals surface area contributed by atoms with Crippen LogP contribution < -0.4 is 10.1 Å². The average molecular weight is 295 g/mol. The Bertz CT molecular complexity index is 724. The molecule has 0 radical (unpaired) electrons. The number of benzene rings is 2. The van der Waals surface area contributed by atoms with Crippen LogP contribution in [0, 0.1) is 5.92 Å². The molecule has 4 nitrogen and oxygen atoms in total. The van der Waals surface area contributed by atoms with E-state index in [1.165, 1.54) is 0 Å². The quantitative estimate of drug-likeness (QED) is 0.885. The monoisotopic (exact) mass is 295 g/mol. The van der Waals surface area contributed by atoms with Crippen LogP contribution in [0.5, 0.6) is 5.75 Å². The molecule has 1 N–H and O–H groups in total. The molecule has 0 heterocycles. The summed E-state index contributed by atoms with van der Waals surface area (Å²) in [6, 6.07) is 14.6. The van der Waals surface area contributed by atoms with E-state index in [-0.39, 0.29) is 11.7 Å².